The van der Waals surface area contributed by atoms with Gasteiger partial charge in [-0.15, -0.1) is 0 Å². The van der Waals surface area contributed by atoms with Crippen molar-refractivity contribution in [1.82, 2.24) is 4.31 Å². The van der Waals surface area contributed by atoms with Crippen molar-refractivity contribution in [2.75, 3.05) is 17.2 Å². The van der Waals surface area contributed by atoms with Crippen LogP contribution >= 0.6 is 0 Å². The lowest BCUT2D eigenvalue weighted by Crippen LogP contribution is -2.43. The number of sulfonamides is 1. The van der Waals surface area contributed by atoms with E-state index in [4.69, 9.17) is 0 Å². The van der Waals surface area contributed by atoms with Gasteiger partial charge in [-0.25, -0.2) is 8.42 Å². The second kappa shape index (κ2) is 8.12. The van der Waals surface area contributed by atoms with Crippen LogP contribution in [0.3, 0.4) is 0 Å². The molecule has 7 nitrogen and oxygen atoms in total. The Labute approximate surface area is 164 Å². The topological polar surface area (TPSA) is 95.6 Å². The van der Waals surface area contributed by atoms with Crippen LogP contribution in [0.15, 0.2) is 53.4 Å². The third kappa shape index (κ3) is 4.40. The van der Waals surface area contributed by atoms with Gasteiger partial charge in [-0.1, -0.05) is 17.7 Å². The van der Waals surface area contributed by atoms with E-state index in [1.54, 1.807) is 12.1 Å². The van der Waals surface area contributed by atoms with E-state index in [1.807, 2.05) is 19.1 Å². The van der Waals surface area contributed by atoms with Gasteiger partial charge in [-0.2, -0.15) is 4.31 Å². The highest BCUT2D eigenvalue weighted by Crippen LogP contribution is 2.27. The Balaban J connectivity index is 1.77. The van der Waals surface area contributed by atoms with Crippen molar-refractivity contribution in [2.45, 2.75) is 37.6 Å². The Morgan fingerprint density at radius 2 is 1.54 bits per heavy atom. The van der Waals surface area contributed by atoms with Crippen LogP contribution in [0, 0.1) is 6.92 Å². The van der Waals surface area contributed by atoms with E-state index in [0.29, 0.717) is 30.8 Å². The first-order valence-electron chi connectivity index (χ1n) is 9.04. The molecule has 28 heavy (non-hydrogen) atoms. The maximum atomic E-state index is 13.0. The molecule has 0 radical (unpaired) electrons. The van der Waals surface area contributed by atoms with Gasteiger partial charge in [0, 0.05) is 24.8 Å². The quantitative estimate of drug-likeness (QED) is 0.805. The number of hydrogen-bond acceptors (Lipinski definition) is 4. The molecule has 1 aliphatic rings. The van der Waals surface area contributed by atoms with Crippen molar-refractivity contribution in [2.24, 2.45) is 0 Å². The van der Waals surface area contributed by atoms with Crippen molar-refractivity contribution in [3.8, 4) is 0 Å². The number of hydrogen-bond donors (Lipinski definition) is 2. The number of rotatable bonds is 5. The van der Waals surface area contributed by atoms with Crippen LogP contribution in [0.1, 0.15) is 25.3 Å². The fraction of sp³-hybridized carbons (Fsp3) is 0.300. The monoisotopic (exact) mass is 401 g/mol. The van der Waals surface area contributed by atoms with Gasteiger partial charge >= 0.3 is 0 Å². The summed E-state index contributed by atoms with van der Waals surface area (Å²) in [5.41, 5.74) is 2.23. The minimum absolute atomic E-state index is 0.0941. The van der Waals surface area contributed by atoms with Gasteiger partial charge < -0.3 is 10.6 Å². The molecule has 1 saturated heterocycles. The summed E-state index contributed by atoms with van der Waals surface area (Å²) in [6.45, 7) is 3.63. The summed E-state index contributed by atoms with van der Waals surface area (Å²) in [4.78, 5) is 23.9. The van der Waals surface area contributed by atoms with Gasteiger partial charge in [-0.05, 0) is 56.2 Å². The van der Waals surface area contributed by atoms with Crippen LogP contribution in [-0.2, 0) is 19.6 Å². The summed E-state index contributed by atoms with van der Waals surface area (Å²) in [6, 6.07) is 12.6. The molecule has 2 aromatic carbocycles. The van der Waals surface area contributed by atoms with Crippen LogP contribution in [0.25, 0.3) is 0 Å². The van der Waals surface area contributed by atoms with Gasteiger partial charge in [0.1, 0.15) is 6.04 Å². The van der Waals surface area contributed by atoms with Crippen LogP contribution < -0.4 is 10.6 Å². The summed E-state index contributed by atoms with van der Waals surface area (Å²) in [7, 11) is -3.82. The highest BCUT2D eigenvalue weighted by atomic mass is 32.2. The fourth-order valence-electron chi connectivity index (χ4n) is 3.20. The molecule has 1 atom stereocenters. The largest absolute Gasteiger partial charge is 0.326 e. The Kier molecular flexibility index (Phi) is 5.81. The van der Waals surface area contributed by atoms with E-state index >= 15 is 0 Å². The predicted molar refractivity (Wildman–Crippen MR) is 107 cm³/mol. The van der Waals surface area contributed by atoms with Gasteiger partial charge in [-0.3, -0.25) is 9.59 Å². The lowest BCUT2D eigenvalue weighted by molar-refractivity contribution is -0.119. The molecule has 0 unspecified atom stereocenters. The first kappa shape index (κ1) is 20.0. The molecule has 0 bridgehead atoms. The van der Waals surface area contributed by atoms with E-state index in [1.165, 1.54) is 35.5 Å². The lowest BCUT2D eigenvalue weighted by atomic mass is 10.2. The van der Waals surface area contributed by atoms with Crippen molar-refractivity contribution >= 4 is 33.2 Å². The standard InChI is InChI=1S/C20H23N3O4S/c1-14-5-7-17(8-6-14)22-20(25)19-4-3-13-23(19)28(26,27)18-11-9-16(10-12-18)21-15(2)24/h5-12,19H,3-4,13H2,1-2H3,(H,21,24)(H,22,25)/t19-/m1/s1. The highest BCUT2D eigenvalue weighted by molar-refractivity contribution is 7.89. The molecule has 2 amide bonds. The zero-order valence-electron chi connectivity index (χ0n) is 15.8. The Bertz CT molecular complexity index is 970. The summed E-state index contributed by atoms with van der Waals surface area (Å²) in [5.74, 6) is -0.567. The number of anilines is 2. The fourth-order valence-corrected chi connectivity index (χ4v) is 4.86. The predicted octanol–water partition coefficient (Wildman–Crippen LogP) is 2.75. The average molecular weight is 401 g/mol. The number of benzene rings is 2. The Morgan fingerprint density at radius 1 is 0.964 bits per heavy atom. The normalized spacial score (nSPS) is 17.3. The maximum Gasteiger partial charge on any atom is 0.243 e. The van der Waals surface area contributed by atoms with Crippen molar-refractivity contribution in [3.05, 3.63) is 54.1 Å². The summed E-state index contributed by atoms with van der Waals surface area (Å²) in [6.07, 6.45) is 1.09. The smallest absolute Gasteiger partial charge is 0.243 e. The van der Waals surface area contributed by atoms with Crippen molar-refractivity contribution < 1.29 is 18.0 Å². The summed E-state index contributed by atoms with van der Waals surface area (Å²) >= 11 is 0. The van der Waals surface area contributed by atoms with Crippen LogP contribution in [0.5, 0.6) is 0 Å². The molecule has 1 heterocycles. The molecule has 0 spiro atoms. The van der Waals surface area contributed by atoms with Crippen LogP contribution in [0.2, 0.25) is 0 Å². The van der Waals surface area contributed by atoms with Crippen LogP contribution in [-0.4, -0.2) is 37.1 Å². The molecule has 2 N–H and O–H groups in total. The number of nitrogens with zero attached hydrogens (tertiary/aromatic N) is 1. The zero-order valence-corrected chi connectivity index (χ0v) is 16.6. The third-order valence-corrected chi connectivity index (χ3v) is 6.53. The summed E-state index contributed by atoms with van der Waals surface area (Å²) < 4.78 is 27.3. The zero-order chi connectivity index (χ0) is 20.3. The Morgan fingerprint density at radius 3 is 2.14 bits per heavy atom. The molecule has 0 saturated carbocycles. The molecule has 2 aromatic rings. The van der Waals surface area contributed by atoms with Crippen molar-refractivity contribution in [3.63, 3.8) is 0 Å². The molecular weight excluding hydrogens is 378 g/mol. The Hall–Kier alpha value is -2.71. The molecule has 8 heteroatoms. The third-order valence-electron chi connectivity index (χ3n) is 4.61. The molecule has 148 valence electrons. The molecular formula is C20H23N3O4S. The van der Waals surface area contributed by atoms with E-state index in [-0.39, 0.29) is 16.7 Å². The number of carbonyl (C=O) groups is 2. The average Bonchev–Trinajstić information content (AvgIpc) is 3.14. The van der Waals surface area contributed by atoms with Gasteiger partial charge in [0.05, 0.1) is 4.90 Å². The maximum absolute atomic E-state index is 13.0. The van der Waals surface area contributed by atoms with Crippen LogP contribution in [0.4, 0.5) is 11.4 Å². The van der Waals surface area contributed by atoms with Gasteiger partial charge in [0.15, 0.2) is 0 Å². The first-order chi connectivity index (χ1) is 13.3. The van der Waals surface area contributed by atoms with E-state index in [9.17, 15) is 18.0 Å². The van der Waals surface area contributed by atoms with E-state index in [0.717, 1.165) is 5.56 Å². The number of aryl methyl sites for hydroxylation is 1. The van der Waals surface area contributed by atoms with Crippen molar-refractivity contribution in [1.29, 1.82) is 0 Å². The summed E-state index contributed by atoms with van der Waals surface area (Å²) in [5, 5.41) is 5.40. The molecule has 1 fully saturated rings. The molecule has 3 rings (SSSR count). The van der Waals surface area contributed by atoms with E-state index in [2.05, 4.69) is 10.6 Å². The second-order valence-corrected chi connectivity index (χ2v) is 8.73. The first-order valence-corrected chi connectivity index (χ1v) is 10.5. The second-order valence-electron chi connectivity index (χ2n) is 6.83. The number of nitrogens with one attached hydrogen (secondary N) is 2. The molecule has 0 aromatic heterocycles. The van der Waals surface area contributed by atoms with Gasteiger partial charge in [0.25, 0.3) is 0 Å². The molecule has 0 aliphatic carbocycles. The number of amides is 2. The molecule has 1 aliphatic heterocycles. The number of carbonyl (C=O) groups excluding carboxylic acids is 2. The minimum atomic E-state index is -3.82. The minimum Gasteiger partial charge on any atom is -0.326 e. The lowest BCUT2D eigenvalue weighted by Gasteiger charge is -2.23. The van der Waals surface area contributed by atoms with Gasteiger partial charge in [0.2, 0.25) is 21.8 Å². The highest BCUT2D eigenvalue weighted by Gasteiger charge is 2.39. The van der Waals surface area contributed by atoms with E-state index < -0.39 is 16.1 Å². The SMILES string of the molecule is CC(=O)Nc1ccc(S(=O)(=O)N2CCC[C@@H]2C(=O)Nc2ccc(C)cc2)cc1.